The van der Waals surface area contributed by atoms with Crippen LogP contribution in [-0.2, 0) is 4.79 Å². The highest BCUT2D eigenvalue weighted by molar-refractivity contribution is 7.99. The van der Waals surface area contributed by atoms with E-state index in [1.165, 1.54) is 0 Å². The van der Waals surface area contributed by atoms with Gasteiger partial charge >= 0.3 is 0 Å². The Morgan fingerprint density at radius 3 is 3.00 bits per heavy atom. The summed E-state index contributed by atoms with van der Waals surface area (Å²) >= 11 is 1.78. The van der Waals surface area contributed by atoms with Gasteiger partial charge in [-0.3, -0.25) is 9.78 Å². The molecular weight excluding hydrogens is 346 g/mol. The number of benzene rings is 1. The summed E-state index contributed by atoms with van der Waals surface area (Å²) < 4.78 is 5.99. The first-order valence-electron chi connectivity index (χ1n) is 8.99. The smallest absolute Gasteiger partial charge is 0.237 e. The van der Waals surface area contributed by atoms with E-state index in [-0.39, 0.29) is 11.9 Å². The maximum Gasteiger partial charge on any atom is 0.237 e. The van der Waals surface area contributed by atoms with Gasteiger partial charge in [-0.15, -0.1) is 11.8 Å². The molecule has 1 aromatic heterocycles. The van der Waals surface area contributed by atoms with Gasteiger partial charge in [-0.25, -0.2) is 0 Å². The first-order chi connectivity index (χ1) is 12.6. The second-order valence-electron chi connectivity index (χ2n) is 6.58. The number of nitrogens with two attached hydrogens (primary N) is 1. The highest BCUT2D eigenvalue weighted by Gasteiger charge is 2.17. The van der Waals surface area contributed by atoms with E-state index in [1.807, 2.05) is 43.6 Å². The lowest BCUT2D eigenvalue weighted by molar-refractivity contribution is -0.123. The number of para-hydroxylation sites is 1. The minimum atomic E-state index is -0.465. The minimum Gasteiger partial charge on any atom is -0.491 e. The molecule has 2 heterocycles. The van der Waals surface area contributed by atoms with Gasteiger partial charge in [0.25, 0.3) is 0 Å². The lowest BCUT2D eigenvalue weighted by Crippen LogP contribution is -2.46. The fourth-order valence-corrected chi connectivity index (χ4v) is 3.80. The standard InChI is InChI=1S/C20H25N3O2S/c1-14-13-25-19-8-3-2-6-17(19)15-10-16(12-22-11-15)26-9-5-4-7-18(21)20(24)23-14/h2-3,6,8,10-12,14,18H,4-5,7,9,13,21H2,1H3,(H,23,24). The van der Waals surface area contributed by atoms with Crippen molar-refractivity contribution in [2.75, 3.05) is 12.4 Å². The molecule has 0 fully saturated rings. The molecule has 1 aliphatic heterocycles. The number of pyridine rings is 1. The van der Waals surface area contributed by atoms with E-state index in [0.717, 1.165) is 40.4 Å². The van der Waals surface area contributed by atoms with E-state index in [1.54, 1.807) is 11.8 Å². The van der Waals surface area contributed by atoms with E-state index < -0.39 is 6.04 Å². The van der Waals surface area contributed by atoms with Crippen molar-refractivity contribution in [1.29, 1.82) is 0 Å². The maximum atomic E-state index is 12.2. The summed E-state index contributed by atoms with van der Waals surface area (Å²) in [5.74, 6) is 1.66. The Bertz CT molecular complexity index is 753. The number of hydrogen-bond acceptors (Lipinski definition) is 5. The fraction of sp³-hybridized carbons (Fsp3) is 0.400. The zero-order chi connectivity index (χ0) is 18.4. The SMILES string of the molecule is CC1COc2ccccc2-c2cncc(c2)SCCCCC(N)C(=O)N1. The number of fused-ring (bicyclic) bond motifs is 4. The molecule has 2 bridgehead atoms. The largest absolute Gasteiger partial charge is 0.491 e. The van der Waals surface area contributed by atoms with E-state index in [9.17, 15) is 4.79 Å². The van der Waals surface area contributed by atoms with Gasteiger partial charge in [-0.2, -0.15) is 0 Å². The molecule has 138 valence electrons. The Balaban J connectivity index is 1.86. The van der Waals surface area contributed by atoms with Crippen LogP contribution in [0.15, 0.2) is 47.6 Å². The molecule has 2 aromatic rings. The number of nitrogens with one attached hydrogen (secondary N) is 1. The monoisotopic (exact) mass is 371 g/mol. The molecule has 2 atom stereocenters. The van der Waals surface area contributed by atoms with Gasteiger partial charge < -0.3 is 15.8 Å². The van der Waals surface area contributed by atoms with Gasteiger partial charge in [0.2, 0.25) is 5.91 Å². The molecule has 1 aliphatic rings. The zero-order valence-electron chi connectivity index (χ0n) is 15.0. The first kappa shape index (κ1) is 18.7. The number of aromatic nitrogens is 1. The molecule has 1 amide bonds. The predicted molar refractivity (Wildman–Crippen MR) is 105 cm³/mol. The van der Waals surface area contributed by atoms with Crippen LogP contribution >= 0.6 is 11.8 Å². The molecule has 0 radical (unpaired) electrons. The van der Waals surface area contributed by atoms with Crippen molar-refractivity contribution in [2.24, 2.45) is 5.73 Å². The highest BCUT2D eigenvalue weighted by atomic mass is 32.2. The highest BCUT2D eigenvalue weighted by Crippen LogP contribution is 2.32. The van der Waals surface area contributed by atoms with Gasteiger partial charge in [0.1, 0.15) is 12.4 Å². The Kier molecular flexibility index (Phi) is 6.52. The van der Waals surface area contributed by atoms with Crippen LogP contribution in [0.25, 0.3) is 11.1 Å². The fourth-order valence-electron chi connectivity index (χ4n) is 2.87. The molecule has 0 aliphatic carbocycles. The summed E-state index contributed by atoms with van der Waals surface area (Å²) in [6.07, 6.45) is 6.40. The molecule has 0 spiro atoms. The second-order valence-corrected chi connectivity index (χ2v) is 7.75. The predicted octanol–water partition coefficient (Wildman–Crippen LogP) is 3.24. The Morgan fingerprint density at radius 2 is 2.12 bits per heavy atom. The van der Waals surface area contributed by atoms with Gasteiger partial charge in [-0.1, -0.05) is 24.6 Å². The topological polar surface area (TPSA) is 77.2 Å². The van der Waals surface area contributed by atoms with Crippen molar-refractivity contribution in [3.05, 3.63) is 42.7 Å². The number of rotatable bonds is 0. The molecule has 0 saturated heterocycles. The van der Waals surface area contributed by atoms with Crippen molar-refractivity contribution >= 4 is 17.7 Å². The molecule has 1 aromatic carbocycles. The van der Waals surface area contributed by atoms with Crippen molar-refractivity contribution in [3.8, 4) is 16.9 Å². The summed E-state index contributed by atoms with van der Waals surface area (Å²) in [6, 6.07) is 9.49. The third-order valence-electron chi connectivity index (χ3n) is 4.30. The molecule has 3 N–H and O–H groups in total. The van der Waals surface area contributed by atoms with Gasteiger partial charge in [0.05, 0.1) is 12.1 Å². The molecule has 5 nitrogen and oxygen atoms in total. The second kappa shape index (κ2) is 9.05. The first-order valence-corrected chi connectivity index (χ1v) is 9.98. The van der Waals surface area contributed by atoms with Crippen LogP contribution in [0, 0.1) is 0 Å². The molecule has 3 rings (SSSR count). The van der Waals surface area contributed by atoms with Crippen LogP contribution in [-0.4, -0.2) is 35.3 Å². The maximum absolute atomic E-state index is 12.2. The molecule has 0 saturated carbocycles. The van der Waals surface area contributed by atoms with Crippen LogP contribution in [0.5, 0.6) is 5.75 Å². The average Bonchev–Trinajstić information content (AvgIpc) is 2.65. The van der Waals surface area contributed by atoms with Crippen molar-refractivity contribution < 1.29 is 9.53 Å². The van der Waals surface area contributed by atoms with Crippen molar-refractivity contribution in [1.82, 2.24) is 10.3 Å². The summed E-state index contributed by atoms with van der Waals surface area (Å²) in [4.78, 5) is 17.7. The minimum absolute atomic E-state index is 0.108. The number of thioether (sulfide) groups is 1. The average molecular weight is 372 g/mol. The lowest BCUT2D eigenvalue weighted by Gasteiger charge is -2.19. The van der Waals surface area contributed by atoms with E-state index in [0.29, 0.717) is 13.0 Å². The molecule has 2 unspecified atom stereocenters. The van der Waals surface area contributed by atoms with E-state index >= 15 is 0 Å². The van der Waals surface area contributed by atoms with Crippen LogP contribution < -0.4 is 15.8 Å². The van der Waals surface area contributed by atoms with Crippen molar-refractivity contribution in [2.45, 2.75) is 43.2 Å². The third kappa shape index (κ3) is 4.99. The molecule has 6 heteroatoms. The van der Waals surface area contributed by atoms with Crippen LogP contribution in [0.2, 0.25) is 0 Å². The van der Waals surface area contributed by atoms with E-state index in [4.69, 9.17) is 10.5 Å². The van der Waals surface area contributed by atoms with Crippen molar-refractivity contribution in [3.63, 3.8) is 0 Å². The number of amides is 1. The molecule has 26 heavy (non-hydrogen) atoms. The summed E-state index contributed by atoms with van der Waals surface area (Å²) in [5.41, 5.74) is 8.05. The van der Waals surface area contributed by atoms with E-state index in [2.05, 4.69) is 16.4 Å². The third-order valence-corrected chi connectivity index (χ3v) is 5.35. The Labute approximate surface area is 158 Å². The quantitative estimate of drug-likeness (QED) is 0.743. The number of ether oxygens (including phenoxy) is 1. The molecular formula is C20H25N3O2S. The van der Waals surface area contributed by atoms with Gasteiger partial charge in [0.15, 0.2) is 0 Å². The van der Waals surface area contributed by atoms with Crippen LogP contribution in [0.3, 0.4) is 0 Å². The van der Waals surface area contributed by atoms with Crippen LogP contribution in [0.1, 0.15) is 26.2 Å². The van der Waals surface area contributed by atoms with Gasteiger partial charge in [-0.05, 0) is 37.7 Å². The summed E-state index contributed by atoms with van der Waals surface area (Å²) in [5, 5.41) is 2.94. The Hall–Kier alpha value is -2.05. The number of nitrogens with zero attached hydrogens (tertiary/aromatic N) is 1. The normalized spacial score (nSPS) is 22.0. The number of carbonyl (C=O) groups is 1. The summed E-state index contributed by atoms with van der Waals surface area (Å²) in [6.45, 7) is 2.31. The van der Waals surface area contributed by atoms with Crippen LogP contribution in [0.4, 0.5) is 0 Å². The number of hydrogen-bond donors (Lipinski definition) is 2. The van der Waals surface area contributed by atoms with Gasteiger partial charge in [0, 0.05) is 28.4 Å². The zero-order valence-corrected chi connectivity index (χ0v) is 15.8. The summed E-state index contributed by atoms with van der Waals surface area (Å²) in [7, 11) is 0. The number of carbonyl (C=O) groups excluding carboxylic acids is 1. The lowest BCUT2D eigenvalue weighted by atomic mass is 10.1. The Morgan fingerprint density at radius 1 is 1.27 bits per heavy atom.